The molecular formula is C29H24N4O6S. The van der Waals surface area contributed by atoms with Gasteiger partial charge in [-0.25, -0.2) is 4.99 Å². The van der Waals surface area contributed by atoms with Gasteiger partial charge in [0, 0.05) is 29.4 Å². The van der Waals surface area contributed by atoms with Crippen molar-refractivity contribution in [2.24, 2.45) is 4.99 Å². The molecule has 1 aliphatic heterocycles. The van der Waals surface area contributed by atoms with Crippen LogP contribution in [0.1, 0.15) is 24.1 Å². The molecule has 40 heavy (non-hydrogen) atoms. The molecule has 1 amide bonds. The van der Waals surface area contributed by atoms with Gasteiger partial charge in [0.2, 0.25) is 0 Å². The first-order chi connectivity index (χ1) is 19.3. The number of benzene rings is 3. The smallest absolute Gasteiger partial charge is 0.271 e. The van der Waals surface area contributed by atoms with E-state index in [1.165, 1.54) is 30.9 Å². The van der Waals surface area contributed by atoms with Crippen molar-refractivity contribution < 1.29 is 19.2 Å². The summed E-state index contributed by atoms with van der Waals surface area (Å²) in [7, 11) is 3.04. The van der Waals surface area contributed by atoms with Crippen molar-refractivity contribution in [2.75, 3.05) is 19.5 Å². The van der Waals surface area contributed by atoms with E-state index in [1.54, 1.807) is 55.5 Å². The predicted octanol–water partition coefficient (Wildman–Crippen LogP) is 3.80. The summed E-state index contributed by atoms with van der Waals surface area (Å²) >= 11 is 1.14. The zero-order valence-corrected chi connectivity index (χ0v) is 22.6. The Hall–Kier alpha value is -5.03. The van der Waals surface area contributed by atoms with Crippen LogP contribution in [0.4, 0.5) is 11.4 Å². The van der Waals surface area contributed by atoms with Crippen LogP contribution in [-0.2, 0) is 4.79 Å². The van der Waals surface area contributed by atoms with Crippen molar-refractivity contribution in [3.8, 4) is 11.5 Å². The number of allylic oxidation sites excluding steroid dienone is 1. The molecule has 0 fully saturated rings. The number of nitro groups is 1. The lowest BCUT2D eigenvalue weighted by Gasteiger charge is -2.26. The molecule has 202 valence electrons. The number of aromatic nitrogens is 1. The number of ether oxygens (including phenoxy) is 2. The maximum atomic E-state index is 13.9. The molecule has 0 bridgehead atoms. The van der Waals surface area contributed by atoms with E-state index in [2.05, 4.69) is 10.3 Å². The number of carbonyl (C=O) groups is 1. The number of amides is 1. The first-order valence-corrected chi connectivity index (χ1v) is 13.0. The molecule has 4 aromatic rings. The molecule has 5 rings (SSSR count). The van der Waals surface area contributed by atoms with Crippen molar-refractivity contribution in [1.29, 1.82) is 0 Å². The summed E-state index contributed by atoms with van der Waals surface area (Å²) in [4.78, 5) is 43.4. The van der Waals surface area contributed by atoms with Gasteiger partial charge in [-0.15, -0.1) is 0 Å². The van der Waals surface area contributed by atoms with Crippen molar-refractivity contribution in [3.05, 3.63) is 125 Å². The molecule has 2 heterocycles. The second kappa shape index (κ2) is 11.0. The molecule has 0 aliphatic carbocycles. The highest BCUT2D eigenvalue weighted by Gasteiger charge is 2.34. The Morgan fingerprint density at radius 1 is 1.07 bits per heavy atom. The van der Waals surface area contributed by atoms with E-state index in [-0.39, 0.29) is 11.3 Å². The molecule has 1 aromatic heterocycles. The van der Waals surface area contributed by atoms with Crippen LogP contribution in [0.3, 0.4) is 0 Å². The molecule has 0 unspecified atom stereocenters. The molecule has 3 aromatic carbocycles. The first-order valence-electron chi connectivity index (χ1n) is 12.2. The summed E-state index contributed by atoms with van der Waals surface area (Å²) in [5, 5.41) is 14.2. The number of anilines is 1. The van der Waals surface area contributed by atoms with E-state index in [9.17, 15) is 19.7 Å². The van der Waals surface area contributed by atoms with Crippen LogP contribution in [0.15, 0.2) is 93.9 Å². The van der Waals surface area contributed by atoms with Gasteiger partial charge < -0.3 is 14.8 Å². The number of hydrogen-bond acceptors (Lipinski definition) is 8. The topological polar surface area (TPSA) is 125 Å². The molecule has 0 saturated carbocycles. The van der Waals surface area contributed by atoms with Crippen LogP contribution in [-0.4, -0.2) is 29.6 Å². The monoisotopic (exact) mass is 556 g/mol. The van der Waals surface area contributed by atoms with Crippen LogP contribution in [0, 0.1) is 10.1 Å². The number of hydrogen-bond donors (Lipinski definition) is 1. The van der Waals surface area contributed by atoms with Crippen LogP contribution in [0.25, 0.3) is 6.08 Å². The number of rotatable bonds is 7. The number of fused-ring (bicyclic) bond motifs is 1. The average Bonchev–Trinajstić information content (AvgIpc) is 3.26. The van der Waals surface area contributed by atoms with Crippen molar-refractivity contribution in [1.82, 2.24) is 4.57 Å². The molecule has 1 atom stereocenters. The van der Waals surface area contributed by atoms with E-state index in [4.69, 9.17) is 9.47 Å². The number of non-ortho nitro benzene ring substituents is 1. The largest absolute Gasteiger partial charge is 0.497 e. The Morgan fingerprint density at radius 2 is 1.85 bits per heavy atom. The van der Waals surface area contributed by atoms with Crippen LogP contribution in [0.2, 0.25) is 0 Å². The van der Waals surface area contributed by atoms with E-state index in [0.717, 1.165) is 11.3 Å². The minimum absolute atomic E-state index is 0.0851. The lowest BCUT2D eigenvalue weighted by atomic mass is 9.94. The highest BCUT2D eigenvalue weighted by atomic mass is 32.1. The van der Waals surface area contributed by atoms with Crippen LogP contribution >= 0.6 is 11.3 Å². The highest BCUT2D eigenvalue weighted by molar-refractivity contribution is 7.07. The summed E-state index contributed by atoms with van der Waals surface area (Å²) in [6.45, 7) is 1.72. The fourth-order valence-electron chi connectivity index (χ4n) is 4.55. The van der Waals surface area contributed by atoms with Gasteiger partial charge in [-0.1, -0.05) is 41.7 Å². The normalized spacial score (nSPS) is 14.8. The molecule has 0 saturated heterocycles. The molecule has 10 nitrogen and oxygen atoms in total. The zero-order chi connectivity index (χ0) is 28.4. The SMILES string of the molecule is COc1ccc([C@@H]2C(C(=O)Nc3ccccc3)=C(C)N=c3s/c(=C\c4cccc([N+](=O)[O-])c4)c(=O)n32)c(OC)c1. The Kier molecular flexibility index (Phi) is 7.30. The van der Waals surface area contributed by atoms with Crippen molar-refractivity contribution in [3.63, 3.8) is 0 Å². The van der Waals surface area contributed by atoms with Gasteiger partial charge in [-0.2, -0.15) is 0 Å². The number of methoxy groups -OCH3 is 2. The average molecular weight is 557 g/mol. The van der Waals surface area contributed by atoms with Crippen molar-refractivity contribution >= 4 is 34.7 Å². The maximum Gasteiger partial charge on any atom is 0.271 e. The third kappa shape index (κ3) is 5.02. The number of nitro benzene ring substituents is 1. The minimum atomic E-state index is -0.868. The fraction of sp³-hybridized carbons (Fsp3) is 0.138. The lowest BCUT2D eigenvalue weighted by Crippen LogP contribution is -2.40. The second-order valence-electron chi connectivity index (χ2n) is 8.86. The van der Waals surface area contributed by atoms with Gasteiger partial charge in [0.15, 0.2) is 4.80 Å². The number of thiazole rings is 1. The first kappa shape index (κ1) is 26.6. The van der Waals surface area contributed by atoms with Gasteiger partial charge >= 0.3 is 0 Å². The zero-order valence-electron chi connectivity index (χ0n) is 21.8. The fourth-order valence-corrected chi connectivity index (χ4v) is 5.60. The number of nitrogens with one attached hydrogen (secondary N) is 1. The maximum absolute atomic E-state index is 13.9. The number of carbonyl (C=O) groups excluding carboxylic acids is 1. The number of para-hydroxylation sites is 1. The molecule has 0 radical (unpaired) electrons. The van der Waals surface area contributed by atoms with Gasteiger partial charge in [-0.3, -0.25) is 24.3 Å². The summed E-state index contributed by atoms with van der Waals surface area (Å²) in [5.41, 5.74) is 1.90. The Balaban J connectivity index is 1.72. The van der Waals surface area contributed by atoms with Gasteiger partial charge in [0.25, 0.3) is 17.2 Å². The van der Waals surface area contributed by atoms with Crippen LogP contribution in [0.5, 0.6) is 11.5 Å². The summed E-state index contributed by atoms with van der Waals surface area (Å²) in [6, 6.07) is 19.3. The molecule has 1 N–H and O–H groups in total. The Bertz CT molecular complexity index is 1840. The third-order valence-corrected chi connectivity index (χ3v) is 7.39. The third-order valence-electron chi connectivity index (χ3n) is 6.41. The van der Waals surface area contributed by atoms with Gasteiger partial charge in [0.1, 0.15) is 17.5 Å². The Morgan fingerprint density at radius 3 is 2.55 bits per heavy atom. The summed E-state index contributed by atoms with van der Waals surface area (Å²) in [6.07, 6.45) is 1.59. The molecule has 0 spiro atoms. The van der Waals surface area contributed by atoms with Crippen molar-refractivity contribution in [2.45, 2.75) is 13.0 Å². The van der Waals surface area contributed by atoms with Gasteiger partial charge in [0.05, 0.1) is 34.9 Å². The molecule has 11 heteroatoms. The summed E-state index contributed by atoms with van der Waals surface area (Å²) < 4.78 is 12.8. The minimum Gasteiger partial charge on any atom is -0.497 e. The van der Waals surface area contributed by atoms with E-state index < -0.39 is 22.4 Å². The molecule has 1 aliphatic rings. The molecular weight excluding hydrogens is 532 g/mol. The standard InChI is InChI=1S/C29H24N4O6S/c1-17-25(27(34)31-19-9-5-4-6-10-19)26(22-13-12-21(38-2)16-23(22)39-3)32-28(35)24(40-29(32)30-17)15-18-8-7-11-20(14-18)33(36)37/h4-16,26H,1-3H3,(H,31,34)/b24-15-/t26-/m1/s1. The van der Waals surface area contributed by atoms with E-state index in [1.807, 2.05) is 18.2 Å². The lowest BCUT2D eigenvalue weighted by molar-refractivity contribution is -0.384. The van der Waals surface area contributed by atoms with Crippen LogP contribution < -0.4 is 29.7 Å². The Labute approximate surface area is 232 Å². The highest BCUT2D eigenvalue weighted by Crippen LogP contribution is 2.37. The van der Waals surface area contributed by atoms with E-state index >= 15 is 0 Å². The quantitative estimate of drug-likeness (QED) is 0.273. The number of nitrogens with zero attached hydrogens (tertiary/aromatic N) is 3. The summed E-state index contributed by atoms with van der Waals surface area (Å²) in [5.74, 6) is 0.565. The predicted molar refractivity (Wildman–Crippen MR) is 151 cm³/mol. The van der Waals surface area contributed by atoms with E-state index in [0.29, 0.717) is 43.3 Å². The van der Waals surface area contributed by atoms with Gasteiger partial charge in [-0.05, 0) is 42.8 Å². The second-order valence-corrected chi connectivity index (χ2v) is 9.87.